The minimum atomic E-state index is 0.119. The lowest BCUT2D eigenvalue weighted by atomic mass is 9.83. The molecule has 0 N–H and O–H groups in total. The van der Waals surface area contributed by atoms with Crippen LogP contribution in [0.2, 0.25) is 0 Å². The first-order chi connectivity index (χ1) is 7.29. The molecule has 0 aliphatic heterocycles. The van der Waals surface area contributed by atoms with Crippen molar-refractivity contribution in [2.45, 2.75) is 32.6 Å². The molecular weight excluding hydrogens is 188 g/mol. The number of Topliss-reactive ketones (excluding diaryl/α,β-unsaturated/α-hetero) is 1. The zero-order valence-electron chi connectivity index (χ0n) is 9.50. The van der Waals surface area contributed by atoms with Crippen LogP contribution in [-0.4, -0.2) is 19.0 Å². The molecule has 1 rings (SSSR count). The van der Waals surface area contributed by atoms with Gasteiger partial charge in [-0.15, -0.1) is 6.58 Å². The highest BCUT2D eigenvalue weighted by molar-refractivity contribution is 5.84. The van der Waals surface area contributed by atoms with Crippen molar-refractivity contribution in [3.05, 3.63) is 24.3 Å². The maximum atomic E-state index is 11.7. The largest absolute Gasteiger partial charge is 0.373 e. The molecule has 2 heteroatoms. The van der Waals surface area contributed by atoms with Crippen LogP contribution in [0.3, 0.4) is 0 Å². The lowest BCUT2D eigenvalue weighted by molar-refractivity contribution is -0.123. The minimum Gasteiger partial charge on any atom is -0.373 e. The van der Waals surface area contributed by atoms with Gasteiger partial charge in [-0.3, -0.25) is 4.79 Å². The van der Waals surface area contributed by atoms with Gasteiger partial charge in [0.1, 0.15) is 5.78 Å². The van der Waals surface area contributed by atoms with E-state index in [4.69, 9.17) is 4.74 Å². The summed E-state index contributed by atoms with van der Waals surface area (Å²) in [6.07, 6.45) is 7.71. The van der Waals surface area contributed by atoms with Gasteiger partial charge in [-0.1, -0.05) is 18.6 Å². The summed E-state index contributed by atoms with van der Waals surface area (Å²) in [6, 6.07) is 0. The SMILES string of the molecule is C=CCOC/C(=C/C)[C@H]1CCCCC1=O. The number of hydrogen-bond acceptors (Lipinski definition) is 2. The van der Waals surface area contributed by atoms with Crippen molar-refractivity contribution < 1.29 is 9.53 Å². The number of allylic oxidation sites excluding steroid dienone is 1. The van der Waals surface area contributed by atoms with E-state index in [1.165, 1.54) is 0 Å². The molecule has 0 bridgehead atoms. The summed E-state index contributed by atoms with van der Waals surface area (Å²) in [6.45, 7) is 6.70. The molecule has 1 atom stereocenters. The highest BCUT2D eigenvalue weighted by Crippen LogP contribution is 2.27. The van der Waals surface area contributed by atoms with E-state index in [9.17, 15) is 4.79 Å². The predicted octanol–water partition coefficient (Wildman–Crippen LogP) is 2.89. The van der Waals surface area contributed by atoms with Gasteiger partial charge < -0.3 is 4.74 Å². The number of hydrogen-bond donors (Lipinski definition) is 0. The van der Waals surface area contributed by atoms with E-state index in [0.717, 1.165) is 31.3 Å². The van der Waals surface area contributed by atoms with Gasteiger partial charge in [-0.2, -0.15) is 0 Å². The Bertz CT molecular complexity index is 253. The number of ketones is 1. The van der Waals surface area contributed by atoms with Crippen LogP contribution in [0.1, 0.15) is 32.6 Å². The highest BCUT2D eigenvalue weighted by atomic mass is 16.5. The molecule has 2 nitrogen and oxygen atoms in total. The van der Waals surface area contributed by atoms with Gasteiger partial charge in [0.05, 0.1) is 13.2 Å². The number of ether oxygens (including phenoxy) is 1. The van der Waals surface area contributed by atoms with Gasteiger partial charge in [0, 0.05) is 12.3 Å². The fourth-order valence-corrected chi connectivity index (χ4v) is 2.02. The first-order valence-electron chi connectivity index (χ1n) is 5.66. The average Bonchev–Trinajstić information content (AvgIpc) is 2.26. The van der Waals surface area contributed by atoms with E-state index in [-0.39, 0.29) is 5.92 Å². The van der Waals surface area contributed by atoms with Crippen molar-refractivity contribution in [1.29, 1.82) is 0 Å². The van der Waals surface area contributed by atoms with Gasteiger partial charge in [0.15, 0.2) is 0 Å². The predicted molar refractivity (Wildman–Crippen MR) is 61.7 cm³/mol. The van der Waals surface area contributed by atoms with E-state index in [2.05, 4.69) is 6.58 Å². The topological polar surface area (TPSA) is 26.3 Å². The lowest BCUT2D eigenvalue weighted by Gasteiger charge is -2.23. The summed E-state index contributed by atoms with van der Waals surface area (Å²) in [4.78, 5) is 11.7. The Labute approximate surface area is 92.0 Å². The second kappa shape index (κ2) is 6.57. The van der Waals surface area contributed by atoms with Gasteiger partial charge in [-0.25, -0.2) is 0 Å². The third-order valence-electron chi connectivity index (χ3n) is 2.88. The molecule has 0 heterocycles. The van der Waals surface area contributed by atoms with Crippen LogP contribution < -0.4 is 0 Å². The molecular formula is C13H20O2. The van der Waals surface area contributed by atoms with E-state index in [0.29, 0.717) is 19.0 Å². The fourth-order valence-electron chi connectivity index (χ4n) is 2.02. The van der Waals surface area contributed by atoms with E-state index >= 15 is 0 Å². The summed E-state index contributed by atoms with van der Waals surface area (Å²) >= 11 is 0. The van der Waals surface area contributed by atoms with Gasteiger partial charge >= 0.3 is 0 Å². The van der Waals surface area contributed by atoms with Crippen LogP contribution in [0, 0.1) is 5.92 Å². The van der Waals surface area contributed by atoms with E-state index in [1.54, 1.807) is 6.08 Å². The molecule has 1 aliphatic carbocycles. The standard InChI is InChI=1S/C13H20O2/c1-3-9-15-10-11(4-2)12-7-5-6-8-13(12)14/h3-4,12H,1,5-10H2,2H3/b11-4-/t12-/m1/s1. The van der Waals surface area contributed by atoms with E-state index < -0.39 is 0 Å². The maximum Gasteiger partial charge on any atom is 0.140 e. The van der Waals surface area contributed by atoms with Crippen LogP contribution in [0.15, 0.2) is 24.3 Å². The minimum absolute atomic E-state index is 0.119. The summed E-state index contributed by atoms with van der Waals surface area (Å²) in [5.74, 6) is 0.505. The van der Waals surface area contributed by atoms with Crippen LogP contribution >= 0.6 is 0 Å². The van der Waals surface area contributed by atoms with Crippen LogP contribution in [-0.2, 0) is 9.53 Å². The smallest absolute Gasteiger partial charge is 0.140 e. The molecule has 0 radical (unpaired) electrons. The van der Waals surface area contributed by atoms with Crippen LogP contribution in [0.5, 0.6) is 0 Å². The third kappa shape index (κ3) is 3.63. The van der Waals surface area contributed by atoms with E-state index in [1.807, 2.05) is 13.0 Å². The summed E-state index contributed by atoms with van der Waals surface area (Å²) in [5, 5.41) is 0. The normalized spacial score (nSPS) is 22.9. The highest BCUT2D eigenvalue weighted by Gasteiger charge is 2.24. The summed E-state index contributed by atoms with van der Waals surface area (Å²) in [5.41, 5.74) is 1.14. The molecule has 1 saturated carbocycles. The van der Waals surface area contributed by atoms with Crippen molar-refractivity contribution in [3.63, 3.8) is 0 Å². The average molecular weight is 208 g/mol. The molecule has 15 heavy (non-hydrogen) atoms. The summed E-state index contributed by atoms with van der Waals surface area (Å²) < 4.78 is 5.40. The molecule has 0 aromatic carbocycles. The molecule has 0 amide bonds. The molecule has 84 valence electrons. The number of carbonyl (C=O) groups is 1. The van der Waals surface area contributed by atoms with Crippen molar-refractivity contribution >= 4 is 5.78 Å². The van der Waals surface area contributed by atoms with Gasteiger partial charge in [0.2, 0.25) is 0 Å². The van der Waals surface area contributed by atoms with Gasteiger partial charge in [-0.05, 0) is 25.3 Å². The Kier molecular flexibility index (Phi) is 5.33. The molecule has 1 aliphatic rings. The van der Waals surface area contributed by atoms with Crippen molar-refractivity contribution in [3.8, 4) is 0 Å². The Morgan fingerprint density at radius 3 is 3.00 bits per heavy atom. The Balaban J connectivity index is 2.49. The monoisotopic (exact) mass is 208 g/mol. The Hall–Kier alpha value is -0.890. The Morgan fingerprint density at radius 1 is 1.60 bits per heavy atom. The van der Waals surface area contributed by atoms with Crippen LogP contribution in [0.4, 0.5) is 0 Å². The third-order valence-corrected chi connectivity index (χ3v) is 2.88. The van der Waals surface area contributed by atoms with Crippen molar-refractivity contribution in [2.24, 2.45) is 5.92 Å². The summed E-state index contributed by atoms with van der Waals surface area (Å²) in [7, 11) is 0. The van der Waals surface area contributed by atoms with Crippen LogP contribution in [0.25, 0.3) is 0 Å². The quantitative estimate of drug-likeness (QED) is 0.513. The van der Waals surface area contributed by atoms with Gasteiger partial charge in [0.25, 0.3) is 0 Å². The van der Waals surface area contributed by atoms with Crippen molar-refractivity contribution in [1.82, 2.24) is 0 Å². The molecule has 0 aromatic rings. The number of rotatable bonds is 5. The number of carbonyl (C=O) groups excluding carboxylic acids is 1. The molecule has 0 aromatic heterocycles. The Morgan fingerprint density at radius 2 is 2.40 bits per heavy atom. The first-order valence-corrected chi connectivity index (χ1v) is 5.66. The first kappa shape index (κ1) is 12.2. The zero-order valence-corrected chi connectivity index (χ0v) is 9.50. The molecule has 0 saturated heterocycles. The van der Waals surface area contributed by atoms with Crippen molar-refractivity contribution in [2.75, 3.05) is 13.2 Å². The maximum absolute atomic E-state index is 11.7. The second-order valence-electron chi connectivity index (χ2n) is 3.93. The zero-order chi connectivity index (χ0) is 11.1. The second-order valence-corrected chi connectivity index (χ2v) is 3.93. The molecule has 1 fully saturated rings. The molecule has 0 spiro atoms. The molecule has 0 unspecified atom stereocenters. The fraction of sp³-hybridized carbons (Fsp3) is 0.615. The lowest BCUT2D eigenvalue weighted by Crippen LogP contribution is -2.23.